The molecule has 106 valence electrons. The topological polar surface area (TPSA) is 69.1 Å². The zero-order chi connectivity index (χ0) is 13.9. The van der Waals surface area contributed by atoms with Gasteiger partial charge in [-0.3, -0.25) is 4.79 Å². The maximum atomic E-state index is 11.3. The molecule has 2 rings (SSSR count). The fraction of sp³-hybridized carbons (Fsp3) is 0.667. The molecule has 19 heavy (non-hydrogen) atoms. The number of carbonyl (C=O) groups excluding carboxylic acids is 1. The van der Waals surface area contributed by atoms with Crippen molar-refractivity contribution in [3.63, 3.8) is 0 Å². The molecule has 3 nitrogen and oxygen atoms in total. The molecular formula is C15H24N2OS. The summed E-state index contributed by atoms with van der Waals surface area (Å²) in [7, 11) is 0. The van der Waals surface area contributed by atoms with Crippen LogP contribution in [0.5, 0.6) is 0 Å². The zero-order valence-corrected chi connectivity index (χ0v) is 12.5. The minimum Gasteiger partial charge on any atom is -0.370 e. The fourth-order valence-electron chi connectivity index (χ4n) is 3.30. The van der Waals surface area contributed by atoms with Gasteiger partial charge in [-0.15, -0.1) is 11.3 Å². The third-order valence-corrected chi connectivity index (χ3v) is 5.62. The van der Waals surface area contributed by atoms with Gasteiger partial charge in [0, 0.05) is 22.2 Å². The van der Waals surface area contributed by atoms with Gasteiger partial charge in [0.05, 0.1) is 0 Å². The van der Waals surface area contributed by atoms with Crippen molar-refractivity contribution < 1.29 is 4.79 Å². The highest BCUT2D eigenvalue weighted by Gasteiger charge is 2.37. The summed E-state index contributed by atoms with van der Waals surface area (Å²) in [5.74, 6) is -0.186. The second-order valence-electron chi connectivity index (χ2n) is 5.82. The molecule has 1 aromatic heterocycles. The van der Waals surface area contributed by atoms with E-state index in [1.807, 2.05) is 0 Å². The van der Waals surface area contributed by atoms with Crippen molar-refractivity contribution in [3.05, 3.63) is 21.9 Å². The number of rotatable bonds is 6. The summed E-state index contributed by atoms with van der Waals surface area (Å²) in [5.41, 5.74) is 11.8. The molecule has 1 amide bonds. The monoisotopic (exact) mass is 280 g/mol. The maximum absolute atomic E-state index is 11.3. The van der Waals surface area contributed by atoms with Crippen LogP contribution in [0.3, 0.4) is 0 Å². The van der Waals surface area contributed by atoms with Crippen LogP contribution in [0.1, 0.15) is 61.2 Å². The molecule has 1 aromatic rings. The quantitative estimate of drug-likeness (QED) is 0.840. The Hall–Kier alpha value is -0.870. The lowest BCUT2D eigenvalue weighted by molar-refractivity contribution is -0.120. The second-order valence-corrected chi connectivity index (χ2v) is 7.02. The van der Waals surface area contributed by atoms with Crippen LogP contribution in [0.15, 0.2) is 12.1 Å². The van der Waals surface area contributed by atoms with E-state index in [2.05, 4.69) is 19.1 Å². The largest absolute Gasteiger partial charge is 0.370 e. The van der Waals surface area contributed by atoms with Crippen LogP contribution in [-0.4, -0.2) is 5.91 Å². The predicted molar refractivity (Wildman–Crippen MR) is 80.0 cm³/mol. The zero-order valence-electron chi connectivity index (χ0n) is 11.7. The van der Waals surface area contributed by atoms with E-state index in [0.717, 1.165) is 25.7 Å². The Morgan fingerprint density at radius 1 is 1.42 bits per heavy atom. The van der Waals surface area contributed by atoms with Gasteiger partial charge in [-0.25, -0.2) is 0 Å². The van der Waals surface area contributed by atoms with Crippen molar-refractivity contribution in [3.8, 4) is 0 Å². The third-order valence-electron chi connectivity index (χ3n) is 4.26. The molecule has 1 atom stereocenters. The molecule has 0 saturated heterocycles. The summed E-state index contributed by atoms with van der Waals surface area (Å²) in [5, 5.41) is 0. The molecule has 0 bridgehead atoms. The summed E-state index contributed by atoms with van der Waals surface area (Å²) in [4.78, 5) is 13.9. The van der Waals surface area contributed by atoms with Crippen LogP contribution in [0, 0.1) is 5.41 Å². The first kappa shape index (κ1) is 14.5. The van der Waals surface area contributed by atoms with Gasteiger partial charge in [-0.05, 0) is 43.2 Å². The van der Waals surface area contributed by atoms with Crippen LogP contribution in [0.25, 0.3) is 0 Å². The van der Waals surface area contributed by atoms with Crippen molar-refractivity contribution in [2.24, 2.45) is 16.9 Å². The Morgan fingerprint density at radius 2 is 2.11 bits per heavy atom. The smallest absolute Gasteiger partial charge is 0.217 e. The first-order chi connectivity index (χ1) is 9.04. The number of hydrogen-bond acceptors (Lipinski definition) is 3. The predicted octanol–water partition coefficient (Wildman–Crippen LogP) is 3.14. The number of thiophene rings is 1. The Labute approximate surface area is 119 Å². The highest BCUT2D eigenvalue weighted by atomic mass is 32.1. The molecule has 0 radical (unpaired) electrons. The first-order valence-corrected chi connectivity index (χ1v) is 7.99. The Kier molecular flexibility index (Phi) is 4.63. The van der Waals surface area contributed by atoms with Gasteiger partial charge in [-0.2, -0.15) is 0 Å². The normalized spacial score (nSPS) is 19.5. The third kappa shape index (κ3) is 3.57. The SMILES string of the molecule is CCc1ccc(C(N)CC2(CC(N)=O)CCCC2)s1. The highest BCUT2D eigenvalue weighted by molar-refractivity contribution is 7.12. The van der Waals surface area contributed by atoms with E-state index in [0.29, 0.717) is 6.42 Å². The van der Waals surface area contributed by atoms with Crippen LogP contribution in [0.2, 0.25) is 0 Å². The molecule has 0 spiro atoms. The van der Waals surface area contributed by atoms with Gasteiger partial charge in [-0.1, -0.05) is 19.8 Å². The molecule has 1 aliphatic carbocycles. The Bertz CT molecular complexity index is 435. The van der Waals surface area contributed by atoms with E-state index in [9.17, 15) is 4.79 Å². The number of carbonyl (C=O) groups is 1. The summed E-state index contributed by atoms with van der Waals surface area (Å²) in [6.45, 7) is 2.16. The summed E-state index contributed by atoms with van der Waals surface area (Å²) in [6, 6.07) is 4.35. The van der Waals surface area contributed by atoms with Gasteiger partial charge in [0.2, 0.25) is 5.91 Å². The molecular weight excluding hydrogens is 256 g/mol. The molecule has 4 heteroatoms. The summed E-state index contributed by atoms with van der Waals surface area (Å²) >= 11 is 1.80. The lowest BCUT2D eigenvalue weighted by Gasteiger charge is -2.30. The number of hydrogen-bond donors (Lipinski definition) is 2. The van der Waals surface area contributed by atoms with Crippen LogP contribution < -0.4 is 11.5 Å². The van der Waals surface area contributed by atoms with Crippen molar-refractivity contribution in [2.75, 3.05) is 0 Å². The number of primary amides is 1. The van der Waals surface area contributed by atoms with Crippen LogP contribution in [0.4, 0.5) is 0 Å². The van der Waals surface area contributed by atoms with Crippen molar-refractivity contribution >= 4 is 17.2 Å². The first-order valence-electron chi connectivity index (χ1n) is 7.17. The Balaban J connectivity index is 2.06. The minimum atomic E-state index is -0.186. The lowest BCUT2D eigenvalue weighted by Crippen LogP contribution is -2.29. The van der Waals surface area contributed by atoms with Crippen molar-refractivity contribution in [1.29, 1.82) is 0 Å². The summed E-state index contributed by atoms with van der Waals surface area (Å²) in [6.07, 6.45) is 7.02. The average molecular weight is 280 g/mol. The highest BCUT2D eigenvalue weighted by Crippen LogP contribution is 2.47. The minimum absolute atomic E-state index is 0.0442. The van der Waals surface area contributed by atoms with Gasteiger partial charge in [0.15, 0.2) is 0 Å². The molecule has 0 aliphatic heterocycles. The van der Waals surface area contributed by atoms with E-state index in [1.165, 1.54) is 22.6 Å². The van der Waals surface area contributed by atoms with Gasteiger partial charge in [0.1, 0.15) is 0 Å². The van der Waals surface area contributed by atoms with Gasteiger partial charge >= 0.3 is 0 Å². The number of nitrogens with two attached hydrogens (primary N) is 2. The van der Waals surface area contributed by atoms with Gasteiger partial charge in [0.25, 0.3) is 0 Å². The van der Waals surface area contributed by atoms with E-state index in [-0.39, 0.29) is 17.4 Å². The second kappa shape index (κ2) is 6.06. The number of aryl methyl sites for hydroxylation is 1. The lowest BCUT2D eigenvalue weighted by atomic mass is 9.77. The molecule has 1 fully saturated rings. The van der Waals surface area contributed by atoms with E-state index < -0.39 is 0 Å². The molecule has 1 unspecified atom stereocenters. The van der Waals surface area contributed by atoms with Crippen LogP contribution in [-0.2, 0) is 11.2 Å². The van der Waals surface area contributed by atoms with E-state index >= 15 is 0 Å². The van der Waals surface area contributed by atoms with Crippen molar-refractivity contribution in [1.82, 2.24) is 0 Å². The van der Waals surface area contributed by atoms with Crippen LogP contribution >= 0.6 is 11.3 Å². The summed E-state index contributed by atoms with van der Waals surface area (Å²) < 4.78 is 0. The van der Waals surface area contributed by atoms with Gasteiger partial charge < -0.3 is 11.5 Å². The maximum Gasteiger partial charge on any atom is 0.217 e. The fourth-order valence-corrected chi connectivity index (χ4v) is 4.25. The molecule has 1 heterocycles. The van der Waals surface area contributed by atoms with E-state index in [1.54, 1.807) is 11.3 Å². The van der Waals surface area contributed by atoms with E-state index in [4.69, 9.17) is 11.5 Å². The average Bonchev–Trinajstić information content (AvgIpc) is 2.97. The molecule has 1 aliphatic rings. The van der Waals surface area contributed by atoms with Crippen molar-refractivity contribution in [2.45, 2.75) is 57.9 Å². The molecule has 1 saturated carbocycles. The molecule has 4 N–H and O–H groups in total. The Morgan fingerprint density at radius 3 is 2.63 bits per heavy atom. The molecule has 0 aromatic carbocycles. The standard InChI is InChI=1S/C15H24N2OS/c1-2-11-5-6-13(19-11)12(16)9-15(10-14(17)18)7-3-4-8-15/h5-6,12H,2-4,7-10,16H2,1H3,(H2,17,18). The number of amides is 1.